The van der Waals surface area contributed by atoms with E-state index in [0.29, 0.717) is 17.1 Å². The van der Waals surface area contributed by atoms with Crippen LogP contribution in [0.1, 0.15) is 6.42 Å². The van der Waals surface area contributed by atoms with Crippen LogP contribution in [-0.2, 0) is 4.79 Å². The topological polar surface area (TPSA) is 139 Å². The van der Waals surface area contributed by atoms with Gasteiger partial charge in [-0.25, -0.2) is 4.79 Å². The van der Waals surface area contributed by atoms with Gasteiger partial charge >= 0.3 is 6.03 Å². The number of hydrogen-bond acceptors (Lipinski definition) is 5. The summed E-state index contributed by atoms with van der Waals surface area (Å²) in [5.74, 6) is -0.248. The van der Waals surface area contributed by atoms with Crippen LogP contribution >= 0.6 is 0 Å². The highest BCUT2D eigenvalue weighted by Gasteiger charge is 2.12. The molecule has 0 radical (unpaired) electrons. The molecule has 0 unspecified atom stereocenters. The third-order valence-electron chi connectivity index (χ3n) is 3.20. The highest BCUT2D eigenvalue weighted by molar-refractivity contribution is 5.92. The summed E-state index contributed by atoms with van der Waals surface area (Å²) >= 11 is 0. The monoisotopic (exact) mass is 343 g/mol. The summed E-state index contributed by atoms with van der Waals surface area (Å²) in [6, 6.07) is 12.0. The Labute approximate surface area is 143 Å². The SMILES string of the molecule is NC(=O)Nc1ccc(NC(=O)CCNc2ccccc2[N+](=O)[O-])cc1. The number of nitrogens with zero attached hydrogens (tertiary/aromatic N) is 1. The van der Waals surface area contributed by atoms with E-state index in [1.165, 1.54) is 6.07 Å². The number of nitro benzene ring substituents is 1. The zero-order chi connectivity index (χ0) is 18.2. The number of nitrogens with two attached hydrogens (primary N) is 1. The molecule has 0 spiro atoms. The lowest BCUT2D eigenvalue weighted by Gasteiger charge is -2.08. The second-order valence-corrected chi connectivity index (χ2v) is 5.07. The Morgan fingerprint density at radius 1 is 1.00 bits per heavy atom. The molecule has 25 heavy (non-hydrogen) atoms. The van der Waals surface area contributed by atoms with Crippen molar-refractivity contribution in [3.63, 3.8) is 0 Å². The van der Waals surface area contributed by atoms with Gasteiger partial charge in [-0.05, 0) is 30.3 Å². The summed E-state index contributed by atoms with van der Waals surface area (Å²) in [7, 11) is 0. The highest BCUT2D eigenvalue weighted by Crippen LogP contribution is 2.23. The summed E-state index contributed by atoms with van der Waals surface area (Å²) in [5, 5.41) is 18.9. The Balaban J connectivity index is 1.83. The van der Waals surface area contributed by atoms with Crippen molar-refractivity contribution >= 4 is 34.7 Å². The third kappa shape index (κ3) is 5.50. The van der Waals surface area contributed by atoms with Crippen LogP contribution in [0.4, 0.5) is 27.5 Å². The minimum absolute atomic E-state index is 0.0413. The summed E-state index contributed by atoms with van der Waals surface area (Å²) in [6.45, 7) is 0.248. The van der Waals surface area contributed by atoms with Crippen molar-refractivity contribution in [2.45, 2.75) is 6.42 Å². The van der Waals surface area contributed by atoms with Crippen LogP contribution in [0, 0.1) is 10.1 Å². The lowest BCUT2D eigenvalue weighted by Crippen LogP contribution is -2.19. The number of amides is 3. The molecule has 0 bridgehead atoms. The number of carbonyl (C=O) groups excluding carboxylic acids is 2. The normalized spacial score (nSPS) is 9.92. The quantitative estimate of drug-likeness (QED) is 0.452. The fourth-order valence-corrected chi connectivity index (χ4v) is 2.10. The average molecular weight is 343 g/mol. The van der Waals surface area contributed by atoms with E-state index in [9.17, 15) is 19.7 Å². The van der Waals surface area contributed by atoms with E-state index in [1.54, 1.807) is 42.5 Å². The Hall–Kier alpha value is -3.62. The molecule has 0 saturated heterocycles. The van der Waals surface area contributed by atoms with Crippen molar-refractivity contribution in [1.29, 1.82) is 0 Å². The number of hydrogen-bond donors (Lipinski definition) is 4. The van der Waals surface area contributed by atoms with Gasteiger partial charge in [-0.1, -0.05) is 12.1 Å². The second kappa shape index (κ2) is 8.29. The first kappa shape index (κ1) is 17.7. The first-order chi connectivity index (χ1) is 12.0. The van der Waals surface area contributed by atoms with Gasteiger partial charge in [0.15, 0.2) is 0 Å². The summed E-state index contributed by atoms with van der Waals surface area (Å²) in [5.41, 5.74) is 6.41. The van der Waals surface area contributed by atoms with Crippen molar-refractivity contribution in [2.24, 2.45) is 5.73 Å². The van der Waals surface area contributed by atoms with Crippen molar-refractivity contribution in [2.75, 3.05) is 22.5 Å². The van der Waals surface area contributed by atoms with Gasteiger partial charge in [-0.3, -0.25) is 14.9 Å². The number of carbonyl (C=O) groups is 2. The predicted octanol–water partition coefficient (Wildman–Crippen LogP) is 2.53. The molecule has 130 valence electrons. The lowest BCUT2D eigenvalue weighted by atomic mass is 10.2. The molecule has 5 N–H and O–H groups in total. The smallest absolute Gasteiger partial charge is 0.316 e. The molecule has 2 aromatic rings. The molecular weight excluding hydrogens is 326 g/mol. The van der Waals surface area contributed by atoms with Crippen LogP contribution in [0.25, 0.3) is 0 Å². The number of nitrogens with one attached hydrogen (secondary N) is 3. The van der Waals surface area contributed by atoms with Crippen molar-refractivity contribution < 1.29 is 14.5 Å². The van der Waals surface area contributed by atoms with Gasteiger partial charge in [0.2, 0.25) is 5.91 Å². The number of primary amides is 1. The lowest BCUT2D eigenvalue weighted by molar-refractivity contribution is -0.384. The van der Waals surface area contributed by atoms with E-state index >= 15 is 0 Å². The average Bonchev–Trinajstić information content (AvgIpc) is 2.56. The van der Waals surface area contributed by atoms with Crippen molar-refractivity contribution in [3.8, 4) is 0 Å². The minimum Gasteiger partial charge on any atom is -0.379 e. The maximum absolute atomic E-state index is 11.9. The molecule has 9 nitrogen and oxygen atoms in total. The van der Waals surface area contributed by atoms with Gasteiger partial charge in [0.1, 0.15) is 5.69 Å². The van der Waals surface area contributed by atoms with Gasteiger partial charge in [0, 0.05) is 30.4 Å². The van der Waals surface area contributed by atoms with Crippen molar-refractivity contribution in [1.82, 2.24) is 0 Å². The van der Waals surface area contributed by atoms with Gasteiger partial charge in [-0.15, -0.1) is 0 Å². The molecular formula is C16H17N5O4. The number of nitro groups is 1. The molecule has 0 saturated carbocycles. The Morgan fingerprint density at radius 3 is 2.20 bits per heavy atom. The predicted molar refractivity (Wildman–Crippen MR) is 94.5 cm³/mol. The number of rotatable bonds is 7. The standard InChI is InChI=1S/C16H17N5O4/c17-16(23)20-12-7-5-11(6-8-12)19-15(22)9-10-18-13-3-1-2-4-14(13)21(24)25/h1-8,18H,9-10H2,(H,19,22)(H3,17,20,23). The van der Waals surface area contributed by atoms with E-state index in [4.69, 9.17) is 5.73 Å². The fraction of sp³-hybridized carbons (Fsp3) is 0.125. The first-order valence-electron chi connectivity index (χ1n) is 7.39. The summed E-state index contributed by atoms with van der Waals surface area (Å²) in [4.78, 5) is 33.1. The molecule has 2 rings (SSSR count). The first-order valence-corrected chi connectivity index (χ1v) is 7.39. The maximum Gasteiger partial charge on any atom is 0.316 e. The number of benzene rings is 2. The van der Waals surface area contributed by atoms with E-state index in [-0.39, 0.29) is 24.6 Å². The Bertz CT molecular complexity index is 776. The molecule has 0 aliphatic heterocycles. The molecule has 0 aliphatic rings. The maximum atomic E-state index is 11.9. The van der Waals surface area contributed by atoms with Gasteiger partial charge in [-0.2, -0.15) is 0 Å². The number of urea groups is 1. The van der Waals surface area contributed by atoms with Gasteiger partial charge in [0.25, 0.3) is 5.69 Å². The van der Waals surface area contributed by atoms with Crippen LogP contribution in [0.3, 0.4) is 0 Å². The molecule has 0 heterocycles. The van der Waals surface area contributed by atoms with E-state index in [0.717, 1.165) is 0 Å². The van der Waals surface area contributed by atoms with E-state index < -0.39 is 11.0 Å². The number of para-hydroxylation sites is 2. The zero-order valence-electron chi connectivity index (χ0n) is 13.2. The highest BCUT2D eigenvalue weighted by atomic mass is 16.6. The van der Waals surface area contributed by atoms with Gasteiger partial charge < -0.3 is 21.7 Å². The molecule has 0 fully saturated rings. The molecule has 9 heteroatoms. The van der Waals surface area contributed by atoms with Crippen LogP contribution in [0.5, 0.6) is 0 Å². The molecule has 0 atom stereocenters. The largest absolute Gasteiger partial charge is 0.379 e. The Morgan fingerprint density at radius 2 is 1.60 bits per heavy atom. The summed E-state index contributed by atoms with van der Waals surface area (Å²) in [6.07, 6.45) is 0.132. The molecule has 3 amide bonds. The second-order valence-electron chi connectivity index (χ2n) is 5.07. The van der Waals surface area contributed by atoms with Crippen LogP contribution < -0.4 is 21.7 Å². The minimum atomic E-state index is -0.669. The van der Waals surface area contributed by atoms with Gasteiger partial charge in [0.05, 0.1) is 4.92 Å². The third-order valence-corrected chi connectivity index (χ3v) is 3.20. The van der Waals surface area contributed by atoms with Crippen molar-refractivity contribution in [3.05, 3.63) is 58.6 Å². The molecule has 2 aromatic carbocycles. The number of anilines is 3. The molecule has 0 aliphatic carbocycles. The zero-order valence-corrected chi connectivity index (χ0v) is 13.2. The van der Waals surface area contributed by atoms with Crippen LogP contribution in [-0.4, -0.2) is 23.4 Å². The van der Waals surface area contributed by atoms with Crippen LogP contribution in [0.2, 0.25) is 0 Å². The van der Waals surface area contributed by atoms with E-state index in [1.807, 2.05) is 0 Å². The molecule has 0 aromatic heterocycles. The Kier molecular flexibility index (Phi) is 5.88. The van der Waals surface area contributed by atoms with E-state index in [2.05, 4.69) is 16.0 Å². The fourth-order valence-electron chi connectivity index (χ4n) is 2.10. The summed E-state index contributed by atoms with van der Waals surface area (Å²) < 4.78 is 0. The van der Waals surface area contributed by atoms with Crippen LogP contribution in [0.15, 0.2) is 48.5 Å².